The van der Waals surface area contributed by atoms with E-state index in [0.717, 1.165) is 37.6 Å². The number of fused-ring (bicyclic) bond motifs is 1. The van der Waals surface area contributed by atoms with Crippen LogP contribution in [-0.2, 0) is 33.9 Å². The van der Waals surface area contributed by atoms with Gasteiger partial charge in [-0.05, 0) is 6.07 Å². The van der Waals surface area contributed by atoms with E-state index in [4.69, 9.17) is 14.6 Å². The Morgan fingerprint density at radius 3 is 2.92 bits per heavy atom. The summed E-state index contributed by atoms with van der Waals surface area (Å²) >= 11 is 2.02. The van der Waals surface area contributed by atoms with Gasteiger partial charge in [0.1, 0.15) is 0 Å². The van der Waals surface area contributed by atoms with Crippen molar-refractivity contribution < 1.29 is 14.3 Å². The molecule has 0 aromatic carbocycles. The van der Waals surface area contributed by atoms with Crippen LogP contribution in [0, 0.1) is 0 Å². The van der Waals surface area contributed by atoms with Gasteiger partial charge in [0.2, 0.25) is 0 Å². The number of nitrogens with zero attached hydrogens (tertiary/aromatic N) is 4. The molecule has 4 heterocycles. The lowest BCUT2D eigenvalue weighted by Gasteiger charge is -2.32. The molecular formula is C16H24N4O3S. The zero-order valence-electron chi connectivity index (χ0n) is 13.9. The second-order valence-electron chi connectivity index (χ2n) is 6.43. The van der Waals surface area contributed by atoms with E-state index in [-0.39, 0.29) is 5.91 Å². The summed E-state index contributed by atoms with van der Waals surface area (Å²) in [5.74, 6) is 2.45. The Morgan fingerprint density at radius 2 is 2.12 bits per heavy atom. The van der Waals surface area contributed by atoms with Crippen LogP contribution in [0.1, 0.15) is 11.4 Å². The number of ether oxygens (including phenoxy) is 2. The molecule has 8 heteroatoms. The Morgan fingerprint density at radius 1 is 1.25 bits per heavy atom. The molecule has 0 saturated carbocycles. The zero-order valence-corrected chi connectivity index (χ0v) is 14.7. The van der Waals surface area contributed by atoms with Gasteiger partial charge in [-0.15, -0.1) is 0 Å². The number of aromatic nitrogens is 2. The third-order valence-corrected chi connectivity index (χ3v) is 5.68. The van der Waals surface area contributed by atoms with Gasteiger partial charge in [0.05, 0.1) is 44.3 Å². The van der Waals surface area contributed by atoms with E-state index < -0.39 is 6.10 Å². The molecule has 1 atom stereocenters. The Labute approximate surface area is 146 Å². The molecule has 0 aliphatic carbocycles. The van der Waals surface area contributed by atoms with Crippen molar-refractivity contribution in [3.05, 3.63) is 17.5 Å². The second kappa shape index (κ2) is 7.43. The van der Waals surface area contributed by atoms with Crippen LogP contribution in [0.15, 0.2) is 6.07 Å². The zero-order chi connectivity index (χ0) is 16.4. The fourth-order valence-electron chi connectivity index (χ4n) is 3.41. The molecule has 0 radical (unpaired) electrons. The van der Waals surface area contributed by atoms with Crippen molar-refractivity contribution in [2.75, 3.05) is 51.0 Å². The standard InChI is InChI=1S/C16H24N4O3S/c21-16(15-12-22-5-6-23-15)19-1-2-20-14(11-19)9-13(17-20)10-18-3-7-24-8-4-18/h9,15H,1-8,10-12H2/t15-/m1/s1. The Kier molecular flexibility index (Phi) is 5.07. The lowest BCUT2D eigenvalue weighted by Crippen LogP contribution is -2.47. The number of amides is 1. The van der Waals surface area contributed by atoms with E-state index in [1.807, 2.05) is 16.7 Å². The summed E-state index contributed by atoms with van der Waals surface area (Å²) in [6.07, 6.45) is -0.446. The SMILES string of the molecule is O=C([C@H]1COCCO1)N1CCn2nc(CN3CCSCC3)cc2C1. The first kappa shape index (κ1) is 16.4. The van der Waals surface area contributed by atoms with Gasteiger partial charge < -0.3 is 14.4 Å². The van der Waals surface area contributed by atoms with Crippen LogP contribution < -0.4 is 0 Å². The van der Waals surface area contributed by atoms with Crippen LogP contribution >= 0.6 is 11.8 Å². The molecule has 3 aliphatic heterocycles. The summed E-state index contributed by atoms with van der Waals surface area (Å²) in [6.45, 7) is 6.68. The third kappa shape index (κ3) is 3.61. The van der Waals surface area contributed by atoms with Crippen molar-refractivity contribution in [2.45, 2.75) is 25.7 Å². The smallest absolute Gasteiger partial charge is 0.254 e. The lowest BCUT2D eigenvalue weighted by atomic mass is 10.2. The van der Waals surface area contributed by atoms with Crippen LogP contribution in [0.3, 0.4) is 0 Å². The van der Waals surface area contributed by atoms with Crippen LogP contribution in [0.4, 0.5) is 0 Å². The van der Waals surface area contributed by atoms with Gasteiger partial charge in [-0.1, -0.05) is 0 Å². The van der Waals surface area contributed by atoms with Gasteiger partial charge in [0.15, 0.2) is 6.10 Å². The van der Waals surface area contributed by atoms with Crippen LogP contribution in [-0.4, -0.2) is 82.6 Å². The Hall–Kier alpha value is -1.09. The van der Waals surface area contributed by atoms with Gasteiger partial charge in [-0.25, -0.2) is 0 Å². The molecule has 7 nitrogen and oxygen atoms in total. The minimum atomic E-state index is -0.446. The number of carbonyl (C=O) groups excluding carboxylic acids is 1. The molecule has 2 fully saturated rings. The molecular weight excluding hydrogens is 328 g/mol. The molecule has 2 saturated heterocycles. The minimum absolute atomic E-state index is 0.0387. The molecule has 132 valence electrons. The number of thioether (sulfide) groups is 1. The van der Waals surface area contributed by atoms with Gasteiger partial charge in [-0.2, -0.15) is 16.9 Å². The maximum absolute atomic E-state index is 12.6. The molecule has 3 aliphatic rings. The molecule has 0 unspecified atom stereocenters. The van der Waals surface area contributed by atoms with Crippen molar-refractivity contribution >= 4 is 17.7 Å². The minimum Gasteiger partial charge on any atom is -0.376 e. The third-order valence-electron chi connectivity index (χ3n) is 4.74. The van der Waals surface area contributed by atoms with Crippen molar-refractivity contribution in [2.24, 2.45) is 0 Å². The van der Waals surface area contributed by atoms with E-state index in [9.17, 15) is 4.79 Å². The topological polar surface area (TPSA) is 59.8 Å². The number of hydrogen-bond acceptors (Lipinski definition) is 6. The van der Waals surface area contributed by atoms with Gasteiger partial charge in [-0.3, -0.25) is 14.4 Å². The number of carbonyl (C=O) groups is 1. The summed E-state index contributed by atoms with van der Waals surface area (Å²) in [5, 5.41) is 4.73. The van der Waals surface area contributed by atoms with Gasteiger partial charge in [0.25, 0.3) is 5.91 Å². The van der Waals surface area contributed by atoms with E-state index in [1.54, 1.807) is 0 Å². The number of hydrogen-bond donors (Lipinski definition) is 0. The van der Waals surface area contributed by atoms with E-state index >= 15 is 0 Å². The predicted octanol–water partition coefficient (Wildman–Crippen LogP) is 0.190. The van der Waals surface area contributed by atoms with Gasteiger partial charge in [0, 0.05) is 37.7 Å². The fourth-order valence-corrected chi connectivity index (χ4v) is 4.39. The molecule has 1 amide bonds. The van der Waals surface area contributed by atoms with Crippen molar-refractivity contribution in [1.82, 2.24) is 19.6 Å². The maximum atomic E-state index is 12.6. The quantitative estimate of drug-likeness (QED) is 0.774. The molecule has 0 bridgehead atoms. The highest BCUT2D eigenvalue weighted by Gasteiger charge is 2.30. The average Bonchev–Trinajstić information content (AvgIpc) is 3.04. The largest absolute Gasteiger partial charge is 0.376 e. The molecule has 24 heavy (non-hydrogen) atoms. The van der Waals surface area contributed by atoms with Crippen LogP contribution in [0.25, 0.3) is 0 Å². The summed E-state index contributed by atoms with van der Waals surface area (Å²) < 4.78 is 12.9. The van der Waals surface area contributed by atoms with Crippen molar-refractivity contribution in [1.29, 1.82) is 0 Å². The summed E-state index contributed by atoms with van der Waals surface area (Å²) in [6, 6.07) is 2.15. The summed E-state index contributed by atoms with van der Waals surface area (Å²) in [7, 11) is 0. The fraction of sp³-hybridized carbons (Fsp3) is 0.750. The number of rotatable bonds is 3. The predicted molar refractivity (Wildman–Crippen MR) is 90.8 cm³/mol. The second-order valence-corrected chi connectivity index (χ2v) is 7.66. The van der Waals surface area contributed by atoms with Crippen molar-refractivity contribution in [3.8, 4) is 0 Å². The molecule has 1 aromatic heterocycles. The lowest BCUT2D eigenvalue weighted by molar-refractivity contribution is -0.159. The maximum Gasteiger partial charge on any atom is 0.254 e. The van der Waals surface area contributed by atoms with E-state index in [2.05, 4.69) is 15.6 Å². The first-order valence-corrected chi connectivity index (χ1v) is 9.79. The first-order chi connectivity index (χ1) is 11.8. The molecule has 0 spiro atoms. The normalized spacial score (nSPS) is 25.5. The summed E-state index contributed by atoms with van der Waals surface area (Å²) in [4.78, 5) is 16.9. The molecule has 1 aromatic rings. The highest BCUT2D eigenvalue weighted by atomic mass is 32.2. The highest BCUT2D eigenvalue weighted by molar-refractivity contribution is 7.99. The van der Waals surface area contributed by atoms with Crippen molar-refractivity contribution in [3.63, 3.8) is 0 Å². The Balaban J connectivity index is 1.38. The molecule has 0 N–H and O–H groups in total. The van der Waals surface area contributed by atoms with E-state index in [1.165, 1.54) is 11.5 Å². The Bertz CT molecular complexity index is 582. The summed E-state index contributed by atoms with van der Waals surface area (Å²) in [5.41, 5.74) is 2.23. The van der Waals surface area contributed by atoms with Crippen LogP contribution in [0.2, 0.25) is 0 Å². The molecule has 4 rings (SSSR count). The van der Waals surface area contributed by atoms with E-state index in [0.29, 0.717) is 32.9 Å². The van der Waals surface area contributed by atoms with Crippen LogP contribution in [0.5, 0.6) is 0 Å². The highest BCUT2D eigenvalue weighted by Crippen LogP contribution is 2.18. The first-order valence-electron chi connectivity index (χ1n) is 8.63. The monoisotopic (exact) mass is 352 g/mol. The average molecular weight is 352 g/mol. The van der Waals surface area contributed by atoms with Gasteiger partial charge >= 0.3 is 0 Å².